The van der Waals surface area contributed by atoms with Crippen molar-refractivity contribution in [1.82, 2.24) is 15.1 Å². The van der Waals surface area contributed by atoms with E-state index >= 15 is 0 Å². The minimum Gasteiger partial charge on any atom is -0.378 e. The largest absolute Gasteiger partial charge is 0.378 e. The third-order valence-electron chi connectivity index (χ3n) is 9.77. The number of hydrogen-bond acceptors (Lipinski definition) is 4. The zero-order valence-electron chi connectivity index (χ0n) is 24.2. The van der Waals surface area contributed by atoms with Gasteiger partial charge in [-0.05, 0) is 87.8 Å². The van der Waals surface area contributed by atoms with Crippen molar-refractivity contribution >= 4 is 5.91 Å². The number of piperidine rings is 1. The van der Waals surface area contributed by atoms with Crippen LogP contribution in [0, 0.1) is 31.4 Å². The van der Waals surface area contributed by atoms with Crippen LogP contribution in [0.5, 0.6) is 0 Å². The molecule has 5 nitrogen and oxygen atoms in total. The van der Waals surface area contributed by atoms with Gasteiger partial charge in [-0.15, -0.1) is 0 Å². The fourth-order valence-corrected chi connectivity index (χ4v) is 7.34. The van der Waals surface area contributed by atoms with Gasteiger partial charge in [0, 0.05) is 62.0 Å². The third-order valence-corrected chi connectivity index (χ3v) is 9.77. The molecular weight excluding hydrogens is 496 g/mol. The lowest BCUT2D eigenvalue weighted by Crippen LogP contribution is -2.50. The Hall–Kier alpha value is -2.35. The van der Waals surface area contributed by atoms with Crippen LogP contribution >= 0.6 is 0 Å². The van der Waals surface area contributed by atoms with Crippen LogP contribution in [0.2, 0.25) is 0 Å². The van der Waals surface area contributed by atoms with E-state index in [-0.39, 0.29) is 34.7 Å². The summed E-state index contributed by atoms with van der Waals surface area (Å²) >= 11 is 0. The van der Waals surface area contributed by atoms with E-state index in [1.54, 1.807) is 13.0 Å². The lowest BCUT2D eigenvalue weighted by atomic mass is 9.73. The van der Waals surface area contributed by atoms with Gasteiger partial charge in [0.15, 0.2) is 0 Å². The number of aryl methyl sites for hydroxylation is 2. The Morgan fingerprint density at radius 3 is 2.33 bits per heavy atom. The molecule has 0 bridgehead atoms. The molecular formula is C32H43F2N3O2. The van der Waals surface area contributed by atoms with Crippen molar-refractivity contribution in [2.24, 2.45) is 5.92 Å². The van der Waals surface area contributed by atoms with E-state index in [2.05, 4.69) is 61.9 Å². The Morgan fingerprint density at radius 2 is 1.72 bits per heavy atom. The molecule has 2 N–H and O–H groups in total. The molecule has 2 saturated heterocycles. The van der Waals surface area contributed by atoms with Crippen molar-refractivity contribution in [1.29, 1.82) is 0 Å². The summed E-state index contributed by atoms with van der Waals surface area (Å²) in [5.74, 6) is -1.55. The average Bonchev–Trinajstić information content (AvgIpc) is 3.40. The fourth-order valence-electron chi connectivity index (χ4n) is 7.34. The van der Waals surface area contributed by atoms with Gasteiger partial charge < -0.3 is 10.4 Å². The number of likely N-dealkylation sites (tertiary alicyclic amines) is 2. The molecule has 1 amide bonds. The molecule has 0 radical (unpaired) electrons. The zero-order chi connectivity index (χ0) is 28.3. The van der Waals surface area contributed by atoms with E-state index in [1.807, 2.05) is 0 Å². The van der Waals surface area contributed by atoms with Gasteiger partial charge in [-0.1, -0.05) is 18.2 Å². The number of amides is 1. The van der Waals surface area contributed by atoms with E-state index in [1.165, 1.54) is 28.3 Å². The molecule has 3 aliphatic rings. The molecule has 2 heterocycles. The Bertz CT molecular complexity index is 1250. The molecule has 212 valence electrons. The molecule has 39 heavy (non-hydrogen) atoms. The van der Waals surface area contributed by atoms with Crippen molar-refractivity contribution < 1.29 is 18.7 Å². The number of fused-ring (bicyclic) bond motifs is 2. The first-order valence-electron chi connectivity index (χ1n) is 14.3. The normalized spacial score (nSPS) is 26.1. The molecule has 5 rings (SSSR count). The van der Waals surface area contributed by atoms with Crippen molar-refractivity contribution in [2.45, 2.75) is 89.9 Å². The minimum absolute atomic E-state index is 0.00859. The van der Waals surface area contributed by atoms with Gasteiger partial charge in [0.05, 0.1) is 6.04 Å². The Balaban J connectivity index is 1.38. The van der Waals surface area contributed by atoms with Crippen LogP contribution in [-0.2, 0) is 10.2 Å². The van der Waals surface area contributed by atoms with Gasteiger partial charge in [0.1, 0.15) is 17.9 Å². The molecule has 1 aliphatic carbocycles. The summed E-state index contributed by atoms with van der Waals surface area (Å²) in [6.07, 6.45) is 1.93. The molecule has 2 aromatic rings. The highest BCUT2D eigenvalue weighted by molar-refractivity contribution is 5.74. The van der Waals surface area contributed by atoms with Gasteiger partial charge in [0.25, 0.3) is 0 Å². The number of rotatable bonds is 4. The fraction of sp³-hybridized carbons (Fsp3) is 0.594. The number of aliphatic hydroxyl groups is 1. The highest BCUT2D eigenvalue weighted by atomic mass is 19.1. The quantitative estimate of drug-likeness (QED) is 0.552. The second kappa shape index (κ2) is 10.2. The number of nitrogens with zero attached hydrogens (tertiary/aromatic N) is 2. The van der Waals surface area contributed by atoms with Crippen LogP contribution in [0.3, 0.4) is 0 Å². The van der Waals surface area contributed by atoms with E-state index in [0.29, 0.717) is 18.7 Å². The standard InChI is InChI=1S/C32H43F2N3O2/c1-19-13-24-27(14-20(19)2)32(16-29(24)35-21(3)38)9-11-36(12-10-32)30(39)26-18-37(31(4,5)6)17-25(26)23-8-7-22(33)15-28(23)34/h7-8,13-15,25-26,29-30,39H,9-12,16-18H2,1-6H3,(H,35,38)/t25-,26+,29?,30?/m0/s1. The summed E-state index contributed by atoms with van der Waals surface area (Å²) in [4.78, 5) is 16.5. The molecule has 1 spiro atoms. The van der Waals surface area contributed by atoms with Gasteiger partial charge >= 0.3 is 0 Å². The SMILES string of the molecule is CC(=O)NC1CC2(CCN(C(O)[C@@H]3CN(C(C)(C)C)C[C@H]3c3ccc(F)cc3F)CC2)c2cc(C)c(C)cc21. The molecule has 4 atom stereocenters. The van der Waals surface area contributed by atoms with Gasteiger partial charge in [-0.2, -0.15) is 0 Å². The second-order valence-corrected chi connectivity index (χ2v) is 13.2. The summed E-state index contributed by atoms with van der Waals surface area (Å²) in [5, 5.41) is 14.9. The summed E-state index contributed by atoms with van der Waals surface area (Å²) in [6.45, 7) is 15.0. The first-order valence-corrected chi connectivity index (χ1v) is 14.3. The number of carbonyl (C=O) groups excluding carboxylic acids is 1. The minimum atomic E-state index is -0.726. The molecule has 2 aromatic carbocycles. The number of carbonyl (C=O) groups is 1. The van der Waals surface area contributed by atoms with Crippen LogP contribution < -0.4 is 5.32 Å². The molecule has 2 aliphatic heterocycles. The third kappa shape index (κ3) is 5.25. The second-order valence-electron chi connectivity index (χ2n) is 13.2. The van der Waals surface area contributed by atoms with Crippen LogP contribution in [0.4, 0.5) is 8.78 Å². The van der Waals surface area contributed by atoms with E-state index in [9.17, 15) is 18.7 Å². The van der Waals surface area contributed by atoms with Crippen LogP contribution in [0.25, 0.3) is 0 Å². The topological polar surface area (TPSA) is 55.8 Å². The van der Waals surface area contributed by atoms with Crippen molar-refractivity contribution in [3.8, 4) is 0 Å². The Kier molecular flexibility index (Phi) is 7.40. The zero-order valence-corrected chi connectivity index (χ0v) is 24.2. The molecule has 2 fully saturated rings. The molecule has 0 saturated carbocycles. The predicted octanol–water partition coefficient (Wildman–Crippen LogP) is 5.33. The molecule has 2 unspecified atom stereocenters. The maximum Gasteiger partial charge on any atom is 0.217 e. The summed E-state index contributed by atoms with van der Waals surface area (Å²) < 4.78 is 28.7. The van der Waals surface area contributed by atoms with E-state index in [4.69, 9.17) is 0 Å². The monoisotopic (exact) mass is 539 g/mol. The average molecular weight is 540 g/mol. The number of halogens is 2. The van der Waals surface area contributed by atoms with Gasteiger partial charge in [0.2, 0.25) is 5.91 Å². The lowest BCUT2D eigenvalue weighted by molar-refractivity contribution is -0.119. The highest BCUT2D eigenvalue weighted by Gasteiger charge is 2.49. The van der Waals surface area contributed by atoms with E-state index < -0.39 is 17.9 Å². The number of nitrogens with one attached hydrogen (secondary N) is 1. The van der Waals surface area contributed by atoms with Crippen LogP contribution in [0.1, 0.15) is 86.7 Å². The highest BCUT2D eigenvalue weighted by Crippen LogP contribution is 2.52. The van der Waals surface area contributed by atoms with Gasteiger partial charge in [-0.3, -0.25) is 14.6 Å². The Morgan fingerprint density at radius 1 is 1.05 bits per heavy atom. The maximum absolute atomic E-state index is 15.0. The summed E-state index contributed by atoms with van der Waals surface area (Å²) in [6, 6.07) is 8.38. The van der Waals surface area contributed by atoms with Crippen molar-refractivity contribution in [2.75, 3.05) is 26.2 Å². The predicted molar refractivity (Wildman–Crippen MR) is 149 cm³/mol. The lowest BCUT2D eigenvalue weighted by Gasteiger charge is -2.44. The van der Waals surface area contributed by atoms with Crippen molar-refractivity contribution in [3.63, 3.8) is 0 Å². The molecule has 0 aromatic heterocycles. The van der Waals surface area contributed by atoms with Crippen molar-refractivity contribution in [3.05, 3.63) is 69.8 Å². The number of benzene rings is 2. The van der Waals surface area contributed by atoms with Gasteiger partial charge in [-0.25, -0.2) is 8.78 Å². The first-order chi connectivity index (χ1) is 18.3. The summed E-state index contributed by atoms with van der Waals surface area (Å²) in [5.41, 5.74) is 5.38. The molecule has 7 heteroatoms. The van der Waals surface area contributed by atoms with Crippen LogP contribution in [0.15, 0.2) is 30.3 Å². The first kappa shape index (κ1) is 28.2. The van der Waals surface area contributed by atoms with E-state index in [0.717, 1.165) is 38.4 Å². The maximum atomic E-state index is 15.0. The Labute approximate surface area is 231 Å². The number of aliphatic hydroxyl groups excluding tert-OH is 1. The summed E-state index contributed by atoms with van der Waals surface area (Å²) in [7, 11) is 0. The smallest absolute Gasteiger partial charge is 0.217 e. The number of hydrogen-bond donors (Lipinski definition) is 2. The van der Waals surface area contributed by atoms with Crippen LogP contribution in [-0.4, -0.2) is 58.8 Å².